The van der Waals surface area contributed by atoms with Gasteiger partial charge in [-0.1, -0.05) is 32.9 Å². The van der Waals surface area contributed by atoms with Crippen LogP contribution < -0.4 is 10.1 Å². The number of carbonyl (C=O) groups excluding carboxylic acids is 1. The lowest BCUT2D eigenvalue weighted by molar-refractivity contribution is 0.0950. The number of nitrogens with one attached hydrogen (secondary N) is 1. The zero-order chi connectivity index (χ0) is 18.0. The van der Waals surface area contributed by atoms with E-state index in [2.05, 4.69) is 26.1 Å². The first kappa shape index (κ1) is 18.0. The first-order valence-corrected chi connectivity index (χ1v) is 9.77. The van der Waals surface area contributed by atoms with Crippen LogP contribution in [0.15, 0.2) is 29.6 Å². The summed E-state index contributed by atoms with van der Waals surface area (Å²) in [6.45, 7) is 7.49. The van der Waals surface area contributed by atoms with Crippen LogP contribution in [0.25, 0.3) is 0 Å². The number of hydrogen-bond acceptors (Lipinski definition) is 3. The van der Waals surface area contributed by atoms with E-state index in [4.69, 9.17) is 4.74 Å². The summed E-state index contributed by atoms with van der Waals surface area (Å²) in [5, 5.41) is 5.10. The van der Waals surface area contributed by atoms with Crippen molar-refractivity contribution >= 4 is 17.2 Å². The monoisotopic (exact) mass is 357 g/mol. The molecule has 2 aromatic rings. The number of carbonyl (C=O) groups is 1. The topological polar surface area (TPSA) is 38.3 Å². The first-order valence-electron chi connectivity index (χ1n) is 8.89. The molecule has 3 rings (SSSR count). The van der Waals surface area contributed by atoms with Crippen molar-refractivity contribution < 1.29 is 9.53 Å². The van der Waals surface area contributed by atoms with E-state index in [0.29, 0.717) is 17.9 Å². The smallest absolute Gasteiger partial charge is 0.252 e. The Balaban J connectivity index is 1.65. The zero-order valence-corrected chi connectivity index (χ0v) is 16.3. The molecule has 1 aromatic heterocycles. The molecule has 1 unspecified atom stereocenters. The van der Waals surface area contributed by atoms with E-state index in [0.717, 1.165) is 29.7 Å². The quantitative estimate of drug-likeness (QED) is 0.850. The third-order valence-electron chi connectivity index (χ3n) is 5.24. The van der Waals surface area contributed by atoms with Crippen LogP contribution in [0.4, 0.5) is 0 Å². The lowest BCUT2D eigenvalue weighted by Crippen LogP contribution is -2.28. The van der Waals surface area contributed by atoms with Crippen LogP contribution in [0.1, 0.15) is 53.6 Å². The van der Waals surface area contributed by atoms with Crippen molar-refractivity contribution in [3.8, 4) is 5.75 Å². The van der Waals surface area contributed by atoms with Crippen molar-refractivity contribution in [1.29, 1.82) is 0 Å². The molecular formula is C21H27NO2S. The minimum atomic E-state index is 0.0440. The molecule has 1 N–H and O–H groups in total. The van der Waals surface area contributed by atoms with E-state index in [9.17, 15) is 4.79 Å². The maximum Gasteiger partial charge on any atom is 0.252 e. The van der Waals surface area contributed by atoms with Gasteiger partial charge in [-0.15, -0.1) is 11.3 Å². The number of ether oxygens (including phenoxy) is 1. The second kappa shape index (κ2) is 7.20. The summed E-state index contributed by atoms with van der Waals surface area (Å²) in [6, 6.07) is 7.80. The first-order chi connectivity index (χ1) is 11.9. The molecule has 25 heavy (non-hydrogen) atoms. The molecule has 0 fully saturated rings. The Labute approximate surface area is 154 Å². The highest BCUT2D eigenvalue weighted by Crippen LogP contribution is 2.40. The van der Waals surface area contributed by atoms with Gasteiger partial charge in [0.25, 0.3) is 5.91 Å². The fourth-order valence-corrected chi connectivity index (χ4v) is 4.62. The highest BCUT2D eigenvalue weighted by molar-refractivity contribution is 7.10. The summed E-state index contributed by atoms with van der Waals surface area (Å²) >= 11 is 1.75. The molecule has 0 aliphatic heterocycles. The summed E-state index contributed by atoms with van der Waals surface area (Å²) in [5.74, 6) is 1.58. The van der Waals surface area contributed by atoms with Crippen LogP contribution in [0.5, 0.6) is 5.75 Å². The summed E-state index contributed by atoms with van der Waals surface area (Å²) in [7, 11) is 1.65. The lowest BCUT2D eigenvalue weighted by atomic mass is 9.72. The standard InChI is InChI=1S/C21H27NO2S/c1-21(2,3)15-7-10-17-18(13-25-19(17)11-15)20(23)22-12-14-5-8-16(24-4)9-6-14/h5-6,8-9,13,15H,7,10-12H2,1-4H3,(H,22,23). The number of rotatable bonds is 4. The Morgan fingerprint density at radius 1 is 1.28 bits per heavy atom. The minimum Gasteiger partial charge on any atom is -0.497 e. The molecule has 1 atom stereocenters. The second-order valence-corrected chi connectivity index (χ2v) is 8.85. The Kier molecular flexibility index (Phi) is 5.19. The van der Waals surface area contributed by atoms with E-state index in [1.54, 1.807) is 18.4 Å². The van der Waals surface area contributed by atoms with Gasteiger partial charge in [0.1, 0.15) is 5.75 Å². The molecule has 1 heterocycles. The van der Waals surface area contributed by atoms with Gasteiger partial charge in [0.05, 0.1) is 12.7 Å². The van der Waals surface area contributed by atoms with Gasteiger partial charge in [-0.2, -0.15) is 0 Å². The fourth-order valence-electron chi connectivity index (χ4n) is 3.46. The highest BCUT2D eigenvalue weighted by atomic mass is 32.1. The van der Waals surface area contributed by atoms with Crippen LogP contribution in [0, 0.1) is 11.3 Å². The number of hydrogen-bond donors (Lipinski definition) is 1. The minimum absolute atomic E-state index is 0.0440. The van der Waals surface area contributed by atoms with Gasteiger partial charge in [-0.25, -0.2) is 0 Å². The van der Waals surface area contributed by atoms with E-state index in [1.807, 2.05) is 29.6 Å². The maximum absolute atomic E-state index is 12.6. The number of amides is 1. The molecule has 1 amide bonds. The van der Waals surface area contributed by atoms with E-state index < -0.39 is 0 Å². The van der Waals surface area contributed by atoms with Gasteiger partial charge in [-0.05, 0) is 53.9 Å². The summed E-state index contributed by atoms with van der Waals surface area (Å²) in [6.07, 6.45) is 3.30. The van der Waals surface area contributed by atoms with Crippen LogP contribution in [-0.2, 0) is 19.4 Å². The van der Waals surface area contributed by atoms with Gasteiger partial charge in [0, 0.05) is 16.8 Å². The Hall–Kier alpha value is -1.81. The van der Waals surface area contributed by atoms with Crippen molar-refractivity contribution in [2.75, 3.05) is 7.11 Å². The Morgan fingerprint density at radius 2 is 2.00 bits per heavy atom. The summed E-state index contributed by atoms with van der Waals surface area (Å²) in [5.41, 5.74) is 3.56. The highest BCUT2D eigenvalue weighted by Gasteiger charge is 2.31. The molecular weight excluding hydrogens is 330 g/mol. The molecule has 0 saturated carbocycles. The summed E-state index contributed by atoms with van der Waals surface area (Å²) < 4.78 is 5.16. The van der Waals surface area contributed by atoms with Crippen molar-refractivity contribution in [2.45, 2.75) is 46.6 Å². The van der Waals surface area contributed by atoms with E-state index >= 15 is 0 Å². The van der Waals surface area contributed by atoms with Crippen LogP contribution in [-0.4, -0.2) is 13.0 Å². The van der Waals surface area contributed by atoms with Crippen molar-refractivity contribution in [3.63, 3.8) is 0 Å². The molecule has 1 aliphatic carbocycles. The van der Waals surface area contributed by atoms with Gasteiger partial charge < -0.3 is 10.1 Å². The third-order valence-corrected chi connectivity index (χ3v) is 6.29. The normalized spacial score (nSPS) is 17.0. The number of methoxy groups -OCH3 is 1. The van der Waals surface area contributed by atoms with Crippen LogP contribution in [0.2, 0.25) is 0 Å². The molecule has 3 nitrogen and oxygen atoms in total. The summed E-state index contributed by atoms with van der Waals surface area (Å²) in [4.78, 5) is 14.0. The van der Waals surface area contributed by atoms with Gasteiger partial charge in [-0.3, -0.25) is 4.79 Å². The van der Waals surface area contributed by atoms with Gasteiger partial charge >= 0.3 is 0 Å². The SMILES string of the molecule is COc1ccc(CNC(=O)c2csc3c2CCC(C(C)(C)C)C3)cc1. The van der Waals surface area contributed by atoms with Crippen molar-refractivity contribution in [3.05, 3.63) is 51.2 Å². The van der Waals surface area contributed by atoms with E-state index in [1.165, 1.54) is 16.9 Å². The Morgan fingerprint density at radius 3 is 2.64 bits per heavy atom. The average Bonchev–Trinajstić information content (AvgIpc) is 3.02. The molecule has 1 aromatic carbocycles. The number of fused-ring (bicyclic) bond motifs is 1. The largest absolute Gasteiger partial charge is 0.497 e. The molecule has 134 valence electrons. The molecule has 0 saturated heterocycles. The van der Waals surface area contributed by atoms with E-state index in [-0.39, 0.29) is 5.91 Å². The average molecular weight is 358 g/mol. The molecule has 0 bridgehead atoms. The number of benzene rings is 1. The van der Waals surface area contributed by atoms with Crippen molar-refractivity contribution in [1.82, 2.24) is 5.32 Å². The number of thiophene rings is 1. The molecule has 0 radical (unpaired) electrons. The maximum atomic E-state index is 12.6. The fraction of sp³-hybridized carbons (Fsp3) is 0.476. The Bertz CT molecular complexity index is 740. The zero-order valence-electron chi connectivity index (χ0n) is 15.5. The molecule has 1 aliphatic rings. The van der Waals surface area contributed by atoms with Gasteiger partial charge in [0.2, 0.25) is 0 Å². The van der Waals surface area contributed by atoms with Gasteiger partial charge in [0.15, 0.2) is 0 Å². The predicted octanol–water partition coefficient (Wildman–Crippen LogP) is 4.84. The van der Waals surface area contributed by atoms with Crippen LogP contribution >= 0.6 is 11.3 Å². The van der Waals surface area contributed by atoms with Crippen molar-refractivity contribution in [2.24, 2.45) is 11.3 Å². The lowest BCUT2D eigenvalue weighted by Gasteiger charge is -2.34. The predicted molar refractivity (Wildman–Crippen MR) is 103 cm³/mol. The third kappa shape index (κ3) is 4.06. The molecule has 0 spiro atoms. The second-order valence-electron chi connectivity index (χ2n) is 7.89. The van der Waals surface area contributed by atoms with Crippen LogP contribution in [0.3, 0.4) is 0 Å². The molecule has 4 heteroatoms.